The molecular formula is C15H25N3O. The Balaban J connectivity index is 1.87. The van der Waals surface area contributed by atoms with Crippen molar-refractivity contribution in [2.24, 2.45) is 0 Å². The van der Waals surface area contributed by atoms with Crippen LogP contribution in [0.25, 0.3) is 0 Å². The Kier molecular flexibility index (Phi) is 5.61. The Morgan fingerprint density at radius 3 is 3.05 bits per heavy atom. The third-order valence-electron chi connectivity index (χ3n) is 3.76. The van der Waals surface area contributed by atoms with Gasteiger partial charge in [0, 0.05) is 37.9 Å². The van der Waals surface area contributed by atoms with Crippen LogP contribution in [0.15, 0.2) is 29.2 Å². The maximum Gasteiger partial charge on any atom is 0.250 e. The van der Waals surface area contributed by atoms with Gasteiger partial charge in [-0.1, -0.05) is 19.4 Å². The molecule has 0 amide bonds. The van der Waals surface area contributed by atoms with Crippen LogP contribution in [0.2, 0.25) is 0 Å². The van der Waals surface area contributed by atoms with Crippen LogP contribution in [0.4, 0.5) is 0 Å². The molecule has 19 heavy (non-hydrogen) atoms. The van der Waals surface area contributed by atoms with Gasteiger partial charge >= 0.3 is 0 Å². The first-order chi connectivity index (χ1) is 9.29. The number of pyridine rings is 1. The monoisotopic (exact) mass is 263 g/mol. The van der Waals surface area contributed by atoms with Gasteiger partial charge in [-0.3, -0.25) is 9.69 Å². The second kappa shape index (κ2) is 7.46. The minimum Gasteiger partial charge on any atom is -0.314 e. The second-order valence-electron chi connectivity index (χ2n) is 5.33. The predicted molar refractivity (Wildman–Crippen MR) is 78.5 cm³/mol. The molecule has 2 rings (SSSR count). The van der Waals surface area contributed by atoms with Crippen molar-refractivity contribution in [3.05, 3.63) is 34.7 Å². The van der Waals surface area contributed by atoms with Crippen LogP contribution in [0, 0.1) is 0 Å². The summed E-state index contributed by atoms with van der Waals surface area (Å²) in [5.74, 6) is 0. The van der Waals surface area contributed by atoms with Crippen LogP contribution in [0.1, 0.15) is 26.2 Å². The van der Waals surface area contributed by atoms with E-state index < -0.39 is 0 Å². The highest BCUT2D eigenvalue weighted by molar-refractivity contribution is 4.93. The van der Waals surface area contributed by atoms with E-state index in [9.17, 15) is 4.79 Å². The first-order valence-electron chi connectivity index (χ1n) is 7.41. The van der Waals surface area contributed by atoms with Gasteiger partial charge in [0.05, 0.1) is 0 Å². The lowest BCUT2D eigenvalue weighted by Gasteiger charge is -2.24. The van der Waals surface area contributed by atoms with E-state index in [2.05, 4.69) is 17.1 Å². The molecule has 1 aromatic rings. The third kappa shape index (κ3) is 4.48. The molecule has 1 aromatic heterocycles. The molecule has 106 valence electrons. The minimum atomic E-state index is 0.0977. The van der Waals surface area contributed by atoms with E-state index in [0.717, 1.165) is 32.7 Å². The lowest BCUT2D eigenvalue weighted by Crippen LogP contribution is -2.39. The highest BCUT2D eigenvalue weighted by Crippen LogP contribution is 2.05. The molecule has 1 saturated heterocycles. The summed E-state index contributed by atoms with van der Waals surface area (Å²) in [6.45, 7) is 7.35. The van der Waals surface area contributed by atoms with Crippen LogP contribution in [0.5, 0.6) is 0 Å². The first-order valence-corrected chi connectivity index (χ1v) is 7.41. The van der Waals surface area contributed by atoms with Crippen LogP contribution < -0.4 is 10.9 Å². The van der Waals surface area contributed by atoms with Gasteiger partial charge in [-0.15, -0.1) is 0 Å². The van der Waals surface area contributed by atoms with Gasteiger partial charge in [0.25, 0.3) is 5.56 Å². The van der Waals surface area contributed by atoms with Gasteiger partial charge in [0.2, 0.25) is 0 Å². The number of nitrogens with one attached hydrogen (secondary N) is 1. The van der Waals surface area contributed by atoms with Crippen LogP contribution in [0.3, 0.4) is 0 Å². The summed E-state index contributed by atoms with van der Waals surface area (Å²) in [7, 11) is 0. The lowest BCUT2D eigenvalue weighted by molar-refractivity contribution is 0.252. The number of aromatic nitrogens is 1. The van der Waals surface area contributed by atoms with E-state index in [1.165, 1.54) is 19.3 Å². The molecule has 0 radical (unpaired) electrons. The molecule has 2 heterocycles. The minimum absolute atomic E-state index is 0.0977. The van der Waals surface area contributed by atoms with Crippen LogP contribution in [-0.4, -0.2) is 41.7 Å². The molecular weight excluding hydrogens is 238 g/mol. The van der Waals surface area contributed by atoms with Crippen molar-refractivity contribution < 1.29 is 0 Å². The SMILES string of the molecule is CCCC1CN(CCn2ccccc2=O)CCCN1. The Hall–Kier alpha value is -1.13. The molecule has 1 aliphatic heterocycles. The van der Waals surface area contributed by atoms with Crippen molar-refractivity contribution in [3.8, 4) is 0 Å². The summed E-state index contributed by atoms with van der Waals surface area (Å²) in [4.78, 5) is 14.1. The third-order valence-corrected chi connectivity index (χ3v) is 3.76. The van der Waals surface area contributed by atoms with Gasteiger partial charge in [-0.05, 0) is 32.0 Å². The topological polar surface area (TPSA) is 37.3 Å². The molecule has 1 atom stereocenters. The molecule has 1 aliphatic rings. The summed E-state index contributed by atoms with van der Waals surface area (Å²) < 4.78 is 1.80. The van der Waals surface area contributed by atoms with Gasteiger partial charge in [0.1, 0.15) is 0 Å². The molecule has 1 unspecified atom stereocenters. The zero-order valence-corrected chi connectivity index (χ0v) is 11.8. The molecule has 4 nitrogen and oxygen atoms in total. The average molecular weight is 263 g/mol. The highest BCUT2D eigenvalue weighted by atomic mass is 16.1. The summed E-state index contributed by atoms with van der Waals surface area (Å²) in [5.41, 5.74) is 0.0977. The van der Waals surface area contributed by atoms with E-state index in [-0.39, 0.29) is 5.56 Å². The van der Waals surface area contributed by atoms with E-state index >= 15 is 0 Å². The number of rotatable bonds is 5. The highest BCUT2D eigenvalue weighted by Gasteiger charge is 2.16. The predicted octanol–water partition coefficient (Wildman–Crippen LogP) is 1.31. The first kappa shape index (κ1) is 14.3. The summed E-state index contributed by atoms with van der Waals surface area (Å²) in [5, 5.41) is 3.61. The van der Waals surface area contributed by atoms with Gasteiger partial charge in [0.15, 0.2) is 0 Å². The molecule has 0 spiro atoms. The molecule has 1 fully saturated rings. The van der Waals surface area contributed by atoms with E-state index in [1.807, 2.05) is 12.3 Å². The Bertz CT molecular complexity index is 429. The smallest absolute Gasteiger partial charge is 0.250 e. The molecule has 0 bridgehead atoms. The van der Waals surface area contributed by atoms with E-state index in [1.54, 1.807) is 16.7 Å². The molecule has 1 N–H and O–H groups in total. The van der Waals surface area contributed by atoms with Crippen LogP contribution in [-0.2, 0) is 6.54 Å². The summed E-state index contributed by atoms with van der Waals surface area (Å²) >= 11 is 0. The fraction of sp³-hybridized carbons (Fsp3) is 0.667. The quantitative estimate of drug-likeness (QED) is 0.870. The van der Waals surface area contributed by atoms with Crippen LogP contribution >= 0.6 is 0 Å². The fourth-order valence-electron chi connectivity index (χ4n) is 2.72. The number of hydrogen-bond donors (Lipinski definition) is 1. The molecule has 0 aliphatic carbocycles. The molecule has 4 heteroatoms. The van der Waals surface area contributed by atoms with Crippen molar-refractivity contribution in [2.75, 3.05) is 26.2 Å². The Labute approximate surface area is 115 Å². The lowest BCUT2D eigenvalue weighted by atomic mass is 10.1. The zero-order chi connectivity index (χ0) is 13.5. The fourth-order valence-corrected chi connectivity index (χ4v) is 2.72. The van der Waals surface area contributed by atoms with Crippen molar-refractivity contribution in [1.29, 1.82) is 0 Å². The van der Waals surface area contributed by atoms with E-state index in [0.29, 0.717) is 6.04 Å². The van der Waals surface area contributed by atoms with Gasteiger partial charge < -0.3 is 9.88 Å². The maximum atomic E-state index is 11.7. The largest absolute Gasteiger partial charge is 0.314 e. The van der Waals surface area contributed by atoms with Crippen molar-refractivity contribution in [2.45, 2.75) is 38.8 Å². The van der Waals surface area contributed by atoms with Gasteiger partial charge in [-0.2, -0.15) is 0 Å². The van der Waals surface area contributed by atoms with Crippen molar-refractivity contribution >= 4 is 0 Å². The maximum absolute atomic E-state index is 11.7. The van der Waals surface area contributed by atoms with Crippen molar-refractivity contribution in [3.63, 3.8) is 0 Å². The van der Waals surface area contributed by atoms with E-state index in [4.69, 9.17) is 0 Å². The van der Waals surface area contributed by atoms with Crippen molar-refractivity contribution in [1.82, 2.24) is 14.8 Å². The average Bonchev–Trinajstić information content (AvgIpc) is 2.64. The molecule has 0 saturated carbocycles. The number of hydrogen-bond acceptors (Lipinski definition) is 3. The normalized spacial score (nSPS) is 21.2. The molecule has 0 aromatic carbocycles. The van der Waals surface area contributed by atoms with Gasteiger partial charge in [-0.25, -0.2) is 0 Å². The Morgan fingerprint density at radius 1 is 1.37 bits per heavy atom. The number of nitrogens with zero attached hydrogens (tertiary/aromatic N) is 2. The second-order valence-corrected chi connectivity index (χ2v) is 5.33. The summed E-state index contributed by atoms with van der Waals surface area (Å²) in [6, 6.07) is 5.96. The Morgan fingerprint density at radius 2 is 2.26 bits per heavy atom. The zero-order valence-electron chi connectivity index (χ0n) is 11.8. The summed E-state index contributed by atoms with van der Waals surface area (Å²) in [6.07, 6.45) is 5.54. The standard InChI is InChI=1S/C15H25N3O/c1-2-6-14-13-17(9-5-8-16-14)11-12-18-10-4-3-7-15(18)19/h3-4,7,10,14,16H,2,5-6,8-9,11-13H2,1H3.